The zero-order valence-electron chi connectivity index (χ0n) is 17.6. The number of ether oxygens (including phenoxy) is 1. The zero-order chi connectivity index (χ0) is 21.6. The van der Waals surface area contributed by atoms with Crippen molar-refractivity contribution in [1.82, 2.24) is 10.2 Å². The average molecular weight is 421 g/mol. The van der Waals surface area contributed by atoms with Crippen LogP contribution in [-0.4, -0.2) is 42.4 Å². The lowest BCUT2D eigenvalue weighted by molar-refractivity contribution is -0.152. The largest absolute Gasteiger partial charge is 0.455 e. The smallest absolute Gasteiger partial charge is 0.311 e. The van der Waals surface area contributed by atoms with Crippen molar-refractivity contribution >= 4 is 17.8 Å². The van der Waals surface area contributed by atoms with Gasteiger partial charge in [-0.25, -0.2) is 0 Å². The lowest BCUT2D eigenvalue weighted by atomic mass is 9.88. The monoisotopic (exact) mass is 420 g/mol. The van der Waals surface area contributed by atoms with Gasteiger partial charge in [0.25, 0.3) is 5.91 Å². The fraction of sp³-hybridized carbons (Fsp3) is 0.400. The topological polar surface area (TPSA) is 75.7 Å². The third-order valence-corrected chi connectivity index (χ3v) is 6.11. The van der Waals surface area contributed by atoms with E-state index >= 15 is 0 Å². The minimum atomic E-state index is -0.508. The molecular weight excluding hydrogens is 392 g/mol. The van der Waals surface area contributed by atoms with Crippen LogP contribution >= 0.6 is 0 Å². The summed E-state index contributed by atoms with van der Waals surface area (Å²) in [6.07, 6.45) is 3.81. The second kappa shape index (κ2) is 9.77. The fourth-order valence-electron chi connectivity index (χ4n) is 4.45. The molecule has 0 unspecified atom stereocenters. The zero-order valence-corrected chi connectivity index (χ0v) is 17.6. The molecule has 2 amide bonds. The molecule has 2 aliphatic rings. The number of nitrogens with zero attached hydrogens (tertiary/aromatic N) is 1. The van der Waals surface area contributed by atoms with Crippen LogP contribution in [0.1, 0.15) is 42.0 Å². The molecule has 4 rings (SSSR count). The molecule has 1 heterocycles. The Hall–Kier alpha value is -3.15. The highest BCUT2D eigenvalue weighted by Gasteiger charge is 2.35. The summed E-state index contributed by atoms with van der Waals surface area (Å²) in [5.74, 6) is -1.33. The Morgan fingerprint density at radius 2 is 1.84 bits per heavy atom. The molecule has 162 valence electrons. The molecule has 0 bridgehead atoms. The molecule has 1 saturated heterocycles. The third kappa shape index (κ3) is 5.32. The molecule has 0 aromatic heterocycles. The van der Waals surface area contributed by atoms with Gasteiger partial charge in [0, 0.05) is 19.5 Å². The van der Waals surface area contributed by atoms with Crippen LogP contribution in [0.3, 0.4) is 0 Å². The van der Waals surface area contributed by atoms with Crippen LogP contribution in [0.15, 0.2) is 54.6 Å². The normalized spacial score (nSPS) is 20.3. The lowest BCUT2D eigenvalue weighted by Crippen LogP contribution is -2.35. The second-order valence-corrected chi connectivity index (χ2v) is 8.30. The van der Waals surface area contributed by atoms with E-state index in [-0.39, 0.29) is 30.9 Å². The van der Waals surface area contributed by atoms with Gasteiger partial charge in [-0.3, -0.25) is 14.4 Å². The van der Waals surface area contributed by atoms with Crippen LogP contribution < -0.4 is 5.32 Å². The molecule has 1 N–H and O–H groups in total. The number of amides is 2. The van der Waals surface area contributed by atoms with Crippen LogP contribution in [0.4, 0.5) is 0 Å². The van der Waals surface area contributed by atoms with E-state index in [2.05, 4.69) is 11.4 Å². The van der Waals surface area contributed by atoms with Gasteiger partial charge in [0.2, 0.25) is 5.91 Å². The Morgan fingerprint density at radius 3 is 2.68 bits per heavy atom. The van der Waals surface area contributed by atoms with Gasteiger partial charge in [-0.05, 0) is 42.4 Å². The number of benzene rings is 2. The number of likely N-dealkylation sites (tertiary alicyclic amines) is 1. The van der Waals surface area contributed by atoms with Crippen LogP contribution in [0.25, 0.3) is 0 Å². The minimum absolute atomic E-state index is 0.0406. The van der Waals surface area contributed by atoms with Crippen molar-refractivity contribution in [3.05, 3.63) is 71.3 Å². The Bertz CT molecular complexity index is 944. The van der Waals surface area contributed by atoms with Gasteiger partial charge in [-0.15, -0.1) is 0 Å². The number of hydrogen-bond acceptors (Lipinski definition) is 4. The van der Waals surface area contributed by atoms with Crippen molar-refractivity contribution in [3.63, 3.8) is 0 Å². The number of rotatable bonds is 7. The molecule has 2 atom stereocenters. The van der Waals surface area contributed by atoms with Crippen molar-refractivity contribution in [3.8, 4) is 0 Å². The van der Waals surface area contributed by atoms with E-state index in [9.17, 15) is 14.4 Å². The van der Waals surface area contributed by atoms with Crippen LogP contribution in [0.2, 0.25) is 0 Å². The number of hydrogen-bond donors (Lipinski definition) is 1. The summed E-state index contributed by atoms with van der Waals surface area (Å²) >= 11 is 0. The SMILES string of the molecule is O=C(COC(=O)[C@H]1CC(=O)N(CCc2ccccc2)C1)N[C@@H]1CCCc2ccccc21. The summed E-state index contributed by atoms with van der Waals surface area (Å²) in [5.41, 5.74) is 3.56. The highest BCUT2D eigenvalue weighted by molar-refractivity contribution is 5.88. The standard InChI is InChI=1S/C25H28N2O4/c28-23(26-22-12-6-10-19-9-4-5-11-21(19)22)17-31-25(30)20-15-24(29)27(16-20)14-13-18-7-2-1-3-8-18/h1-5,7-9,11,20,22H,6,10,12-17H2,(H,26,28)/t20-,22+/m0/s1. The molecule has 1 aliphatic heterocycles. The number of fused-ring (bicyclic) bond motifs is 1. The maximum atomic E-state index is 12.4. The first-order chi connectivity index (χ1) is 15.1. The second-order valence-electron chi connectivity index (χ2n) is 8.30. The van der Waals surface area contributed by atoms with Crippen molar-refractivity contribution in [2.75, 3.05) is 19.7 Å². The molecule has 1 fully saturated rings. The molecule has 6 nitrogen and oxygen atoms in total. The molecule has 0 saturated carbocycles. The number of aryl methyl sites for hydroxylation is 1. The molecule has 2 aromatic rings. The Morgan fingerprint density at radius 1 is 1.06 bits per heavy atom. The summed E-state index contributed by atoms with van der Waals surface area (Å²) in [7, 11) is 0. The Labute approximate surface area is 182 Å². The van der Waals surface area contributed by atoms with Crippen LogP contribution in [-0.2, 0) is 32.0 Å². The molecule has 1 aliphatic carbocycles. The van der Waals surface area contributed by atoms with E-state index in [0.29, 0.717) is 13.1 Å². The fourth-order valence-corrected chi connectivity index (χ4v) is 4.45. The number of carbonyl (C=O) groups excluding carboxylic acids is 3. The first-order valence-electron chi connectivity index (χ1n) is 11.0. The first kappa shape index (κ1) is 21.1. The van der Waals surface area contributed by atoms with Crippen LogP contribution in [0, 0.1) is 5.92 Å². The predicted molar refractivity (Wildman–Crippen MR) is 116 cm³/mol. The summed E-state index contributed by atoms with van der Waals surface area (Å²) in [4.78, 5) is 38.8. The highest BCUT2D eigenvalue weighted by Crippen LogP contribution is 2.29. The quantitative estimate of drug-likeness (QED) is 0.699. The first-order valence-corrected chi connectivity index (χ1v) is 11.0. The van der Waals surface area contributed by atoms with Gasteiger partial charge in [0.1, 0.15) is 0 Å². The Kier molecular flexibility index (Phi) is 6.65. The number of nitrogens with one attached hydrogen (secondary N) is 1. The third-order valence-electron chi connectivity index (χ3n) is 6.11. The molecular formula is C25H28N2O4. The van der Waals surface area contributed by atoms with Crippen LogP contribution in [0.5, 0.6) is 0 Å². The lowest BCUT2D eigenvalue weighted by Gasteiger charge is -2.26. The molecule has 0 radical (unpaired) electrons. The number of carbonyl (C=O) groups is 3. The van der Waals surface area contributed by atoms with Crippen molar-refractivity contribution in [1.29, 1.82) is 0 Å². The summed E-state index contributed by atoms with van der Waals surface area (Å²) < 4.78 is 5.25. The molecule has 0 spiro atoms. The average Bonchev–Trinajstić information content (AvgIpc) is 3.17. The van der Waals surface area contributed by atoms with Crippen molar-refractivity contribution < 1.29 is 19.1 Å². The van der Waals surface area contributed by atoms with E-state index in [1.807, 2.05) is 48.5 Å². The van der Waals surface area contributed by atoms with Gasteiger partial charge in [0.15, 0.2) is 6.61 Å². The van der Waals surface area contributed by atoms with E-state index in [1.54, 1.807) is 4.90 Å². The maximum absolute atomic E-state index is 12.4. The van der Waals surface area contributed by atoms with Gasteiger partial charge in [-0.2, -0.15) is 0 Å². The maximum Gasteiger partial charge on any atom is 0.311 e. The van der Waals surface area contributed by atoms with Gasteiger partial charge < -0.3 is 15.0 Å². The van der Waals surface area contributed by atoms with Gasteiger partial charge in [0.05, 0.1) is 12.0 Å². The summed E-state index contributed by atoms with van der Waals surface area (Å²) in [5, 5.41) is 2.98. The molecule has 2 aromatic carbocycles. The van der Waals surface area contributed by atoms with E-state index in [0.717, 1.165) is 36.8 Å². The van der Waals surface area contributed by atoms with E-state index < -0.39 is 11.9 Å². The molecule has 6 heteroatoms. The van der Waals surface area contributed by atoms with E-state index in [4.69, 9.17) is 4.74 Å². The molecule has 31 heavy (non-hydrogen) atoms. The van der Waals surface area contributed by atoms with Gasteiger partial charge in [-0.1, -0.05) is 54.6 Å². The van der Waals surface area contributed by atoms with Gasteiger partial charge >= 0.3 is 5.97 Å². The predicted octanol–water partition coefficient (Wildman–Crippen LogP) is 2.81. The summed E-state index contributed by atoms with van der Waals surface area (Å²) in [6, 6.07) is 18.0. The summed E-state index contributed by atoms with van der Waals surface area (Å²) in [6.45, 7) is 0.614. The number of esters is 1. The van der Waals surface area contributed by atoms with E-state index in [1.165, 1.54) is 5.56 Å². The minimum Gasteiger partial charge on any atom is -0.455 e. The van der Waals surface area contributed by atoms with Crippen molar-refractivity contribution in [2.24, 2.45) is 5.92 Å². The highest BCUT2D eigenvalue weighted by atomic mass is 16.5. The van der Waals surface area contributed by atoms with Crippen molar-refractivity contribution in [2.45, 2.75) is 38.1 Å². The Balaban J connectivity index is 1.23.